The van der Waals surface area contributed by atoms with Gasteiger partial charge in [-0.2, -0.15) is 5.26 Å². The number of aromatic nitrogens is 3. The molecule has 0 fully saturated rings. The van der Waals surface area contributed by atoms with Gasteiger partial charge in [0.2, 0.25) is 0 Å². The molecule has 0 radical (unpaired) electrons. The molecule has 0 saturated carbocycles. The van der Waals surface area contributed by atoms with Crippen molar-refractivity contribution < 1.29 is 0 Å². The summed E-state index contributed by atoms with van der Waals surface area (Å²) >= 11 is 5.97. The quantitative estimate of drug-likeness (QED) is 0.804. The molecule has 0 N–H and O–H groups in total. The number of nitrogens with zero attached hydrogens (tertiary/aromatic N) is 4. The average molecular weight is 277 g/mol. The van der Waals surface area contributed by atoms with Crippen LogP contribution in [-0.4, -0.2) is 14.5 Å². The van der Waals surface area contributed by atoms with Crippen LogP contribution in [0.15, 0.2) is 12.3 Å². The van der Waals surface area contributed by atoms with Crippen molar-refractivity contribution in [3.63, 3.8) is 0 Å². The van der Waals surface area contributed by atoms with Crippen molar-refractivity contribution >= 4 is 22.8 Å². The Kier molecular flexibility index (Phi) is 3.77. The second-order valence-electron chi connectivity index (χ2n) is 5.59. The highest BCUT2D eigenvalue weighted by molar-refractivity contribution is 6.31. The van der Waals surface area contributed by atoms with E-state index in [1.54, 1.807) is 6.20 Å². The van der Waals surface area contributed by atoms with Crippen LogP contribution in [0.25, 0.3) is 11.2 Å². The number of fused-ring (bicyclic) bond motifs is 1. The minimum absolute atomic E-state index is 0.0696. The van der Waals surface area contributed by atoms with Crippen LogP contribution < -0.4 is 0 Å². The molecule has 0 aromatic carbocycles. The predicted octanol–water partition coefficient (Wildman–Crippen LogP) is 3.69. The summed E-state index contributed by atoms with van der Waals surface area (Å²) in [6, 6.07) is 4.00. The normalized spacial score (nSPS) is 11.7. The summed E-state index contributed by atoms with van der Waals surface area (Å²) in [5.74, 6) is 0.982. The molecule has 0 aliphatic carbocycles. The third-order valence-electron chi connectivity index (χ3n) is 2.89. The van der Waals surface area contributed by atoms with Gasteiger partial charge in [-0.15, -0.1) is 0 Å². The third-order valence-corrected chi connectivity index (χ3v) is 3.10. The lowest BCUT2D eigenvalue weighted by atomic mass is 9.95. The molecule has 2 aromatic rings. The summed E-state index contributed by atoms with van der Waals surface area (Å²) < 4.78 is 2.10. The standard InChI is InChI=1S/C14H17ClN4/c1-14(2,3)13-18-11-8-10(15)9-17-12(11)19(13)7-5-4-6-16/h8-9H,4-5,7H2,1-3H3. The van der Waals surface area contributed by atoms with Crippen molar-refractivity contribution in [1.29, 1.82) is 5.26 Å². The molecule has 0 bridgehead atoms. The molecule has 0 aliphatic rings. The molecule has 0 aliphatic heterocycles. The SMILES string of the molecule is CC(C)(C)c1nc2cc(Cl)cnc2n1CCCC#N. The Bertz CT molecular complexity index is 631. The lowest BCUT2D eigenvalue weighted by Gasteiger charge is -2.19. The molecule has 19 heavy (non-hydrogen) atoms. The summed E-state index contributed by atoms with van der Waals surface area (Å²) in [5.41, 5.74) is 1.58. The summed E-state index contributed by atoms with van der Waals surface area (Å²) in [4.78, 5) is 9.04. The molecule has 0 atom stereocenters. The zero-order chi connectivity index (χ0) is 14.0. The highest BCUT2D eigenvalue weighted by atomic mass is 35.5. The van der Waals surface area contributed by atoms with Crippen molar-refractivity contribution in [2.45, 2.75) is 45.6 Å². The molecule has 2 rings (SSSR count). The number of unbranched alkanes of at least 4 members (excludes halogenated alkanes) is 1. The Balaban J connectivity index is 2.53. The van der Waals surface area contributed by atoms with E-state index >= 15 is 0 Å². The van der Waals surface area contributed by atoms with Crippen molar-refractivity contribution in [2.75, 3.05) is 0 Å². The Morgan fingerprint density at radius 3 is 2.79 bits per heavy atom. The van der Waals surface area contributed by atoms with Crippen LogP contribution >= 0.6 is 11.6 Å². The Hall–Kier alpha value is -1.60. The van der Waals surface area contributed by atoms with Gasteiger partial charge in [-0.3, -0.25) is 0 Å². The van der Waals surface area contributed by atoms with Crippen molar-refractivity contribution in [2.24, 2.45) is 0 Å². The van der Waals surface area contributed by atoms with Crippen LogP contribution in [0.1, 0.15) is 39.4 Å². The number of aryl methyl sites for hydroxylation is 1. The van der Waals surface area contributed by atoms with Gasteiger partial charge in [-0.05, 0) is 12.5 Å². The van der Waals surface area contributed by atoms with E-state index < -0.39 is 0 Å². The number of halogens is 1. The van der Waals surface area contributed by atoms with Gasteiger partial charge in [0.05, 0.1) is 11.1 Å². The van der Waals surface area contributed by atoms with Gasteiger partial charge in [0.25, 0.3) is 0 Å². The molecular weight excluding hydrogens is 260 g/mol. The second-order valence-corrected chi connectivity index (χ2v) is 6.03. The van der Waals surface area contributed by atoms with E-state index in [4.69, 9.17) is 16.9 Å². The van der Waals surface area contributed by atoms with Gasteiger partial charge >= 0.3 is 0 Å². The Labute approximate surface area is 118 Å². The number of pyridine rings is 1. The maximum atomic E-state index is 8.67. The number of hydrogen-bond donors (Lipinski definition) is 0. The minimum atomic E-state index is -0.0696. The summed E-state index contributed by atoms with van der Waals surface area (Å²) in [6.45, 7) is 7.12. The van der Waals surface area contributed by atoms with E-state index in [0.29, 0.717) is 11.4 Å². The molecule has 5 heteroatoms. The van der Waals surface area contributed by atoms with Gasteiger partial charge in [0, 0.05) is 24.6 Å². The highest BCUT2D eigenvalue weighted by Gasteiger charge is 2.23. The fourth-order valence-corrected chi connectivity index (χ4v) is 2.24. The van der Waals surface area contributed by atoms with Crippen LogP contribution in [-0.2, 0) is 12.0 Å². The molecule has 2 heterocycles. The highest BCUT2D eigenvalue weighted by Crippen LogP contribution is 2.27. The monoisotopic (exact) mass is 276 g/mol. The average Bonchev–Trinajstić information content (AvgIpc) is 2.67. The van der Waals surface area contributed by atoms with Gasteiger partial charge in [-0.25, -0.2) is 9.97 Å². The third kappa shape index (κ3) is 2.87. The largest absolute Gasteiger partial charge is 0.312 e. The molecule has 0 saturated heterocycles. The molecule has 4 nitrogen and oxygen atoms in total. The fraction of sp³-hybridized carbons (Fsp3) is 0.500. The number of rotatable bonds is 3. The van der Waals surface area contributed by atoms with Gasteiger partial charge in [0.15, 0.2) is 5.65 Å². The van der Waals surface area contributed by atoms with Crippen molar-refractivity contribution in [3.05, 3.63) is 23.1 Å². The van der Waals surface area contributed by atoms with E-state index in [1.165, 1.54) is 0 Å². The van der Waals surface area contributed by atoms with E-state index in [2.05, 4.69) is 41.4 Å². The summed E-state index contributed by atoms with van der Waals surface area (Å²) in [6.07, 6.45) is 2.98. The molecule has 100 valence electrons. The van der Waals surface area contributed by atoms with Crippen LogP contribution in [0.4, 0.5) is 0 Å². The first kappa shape index (κ1) is 13.8. The van der Waals surface area contributed by atoms with Gasteiger partial charge in [0.1, 0.15) is 11.3 Å². The molecule has 2 aromatic heterocycles. The van der Waals surface area contributed by atoms with E-state index in [-0.39, 0.29) is 5.41 Å². The lowest BCUT2D eigenvalue weighted by molar-refractivity contribution is 0.496. The van der Waals surface area contributed by atoms with Crippen LogP contribution in [0.2, 0.25) is 5.02 Å². The molecule has 0 spiro atoms. The lowest BCUT2D eigenvalue weighted by Crippen LogP contribution is -2.19. The Morgan fingerprint density at radius 2 is 2.16 bits per heavy atom. The van der Waals surface area contributed by atoms with E-state index in [1.807, 2.05) is 6.07 Å². The van der Waals surface area contributed by atoms with E-state index in [9.17, 15) is 0 Å². The van der Waals surface area contributed by atoms with Crippen LogP contribution in [0.5, 0.6) is 0 Å². The zero-order valence-electron chi connectivity index (χ0n) is 11.4. The number of imidazole rings is 1. The van der Waals surface area contributed by atoms with Crippen LogP contribution in [0.3, 0.4) is 0 Å². The fourth-order valence-electron chi connectivity index (χ4n) is 2.09. The summed E-state index contributed by atoms with van der Waals surface area (Å²) in [7, 11) is 0. The molecule has 0 amide bonds. The first-order valence-electron chi connectivity index (χ1n) is 6.32. The summed E-state index contributed by atoms with van der Waals surface area (Å²) in [5, 5.41) is 9.26. The van der Waals surface area contributed by atoms with Crippen molar-refractivity contribution in [3.8, 4) is 6.07 Å². The van der Waals surface area contributed by atoms with E-state index in [0.717, 1.165) is 30.0 Å². The van der Waals surface area contributed by atoms with Gasteiger partial charge < -0.3 is 4.57 Å². The number of nitriles is 1. The Morgan fingerprint density at radius 1 is 1.42 bits per heavy atom. The zero-order valence-corrected chi connectivity index (χ0v) is 12.2. The first-order valence-corrected chi connectivity index (χ1v) is 6.70. The van der Waals surface area contributed by atoms with Crippen LogP contribution in [0, 0.1) is 11.3 Å². The molecular formula is C14H17ClN4. The maximum Gasteiger partial charge on any atom is 0.160 e. The maximum absolute atomic E-state index is 8.67. The van der Waals surface area contributed by atoms with Crippen molar-refractivity contribution in [1.82, 2.24) is 14.5 Å². The molecule has 0 unspecified atom stereocenters. The topological polar surface area (TPSA) is 54.5 Å². The predicted molar refractivity (Wildman–Crippen MR) is 76.1 cm³/mol. The van der Waals surface area contributed by atoms with Gasteiger partial charge in [-0.1, -0.05) is 32.4 Å². The second kappa shape index (κ2) is 5.18. The minimum Gasteiger partial charge on any atom is -0.312 e. The first-order chi connectivity index (χ1) is 8.93. The number of hydrogen-bond acceptors (Lipinski definition) is 3. The smallest absolute Gasteiger partial charge is 0.160 e.